The molecule has 5 nitrogen and oxygen atoms in total. The summed E-state index contributed by atoms with van der Waals surface area (Å²) in [5, 5.41) is 3.72. The van der Waals surface area contributed by atoms with E-state index in [1.54, 1.807) is 11.0 Å². The van der Waals surface area contributed by atoms with E-state index in [-0.39, 0.29) is 31.0 Å². The minimum Gasteiger partial charge on any atom is -0.484 e. The van der Waals surface area contributed by atoms with Crippen LogP contribution in [-0.4, -0.2) is 35.4 Å². The molecule has 32 heavy (non-hydrogen) atoms. The van der Waals surface area contributed by atoms with E-state index < -0.39 is 6.04 Å². The normalized spacial score (nSPS) is 14.7. The number of rotatable bonds is 10. The summed E-state index contributed by atoms with van der Waals surface area (Å²) >= 11 is 6.37. The molecular formula is C26H33ClN2O3. The molecule has 1 saturated carbocycles. The molecule has 2 aromatic rings. The van der Waals surface area contributed by atoms with Gasteiger partial charge >= 0.3 is 0 Å². The number of hydrogen-bond donors (Lipinski definition) is 1. The molecular weight excluding hydrogens is 424 g/mol. The van der Waals surface area contributed by atoms with E-state index in [1.165, 1.54) is 5.56 Å². The third-order valence-corrected chi connectivity index (χ3v) is 6.45. The molecule has 1 aliphatic carbocycles. The number of amides is 2. The second-order valence-electron chi connectivity index (χ2n) is 8.31. The minimum absolute atomic E-state index is 0.105. The molecule has 2 amide bonds. The van der Waals surface area contributed by atoms with Gasteiger partial charge in [0.25, 0.3) is 5.91 Å². The summed E-state index contributed by atoms with van der Waals surface area (Å²) in [7, 11) is 0. The SMILES string of the molecule is CCc1ccc(OCC(=O)N(Cc2ccccc2Cl)[C@H](CC)C(=O)NC2CCCC2)cc1. The van der Waals surface area contributed by atoms with Crippen molar-refractivity contribution in [2.24, 2.45) is 0 Å². The van der Waals surface area contributed by atoms with Crippen LogP contribution in [0.15, 0.2) is 48.5 Å². The lowest BCUT2D eigenvalue weighted by Crippen LogP contribution is -2.52. The summed E-state index contributed by atoms with van der Waals surface area (Å²) in [6.45, 7) is 4.14. The first kappa shape index (κ1) is 24.1. The van der Waals surface area contributed by atoms with Gasteiger partial charge < -0.3 is 15.0 Å². The fraction of sp³-hybridized carbons (Fsp3) is 0.462. The van der Waals surface area contributed by atoms with Crippen molar-refractivity contribution >= 4 is 23.4 Å². The lowest BCUT2D eigenvalue weighted by Gasteiger charge is -2.31. The molecule has 172 valence electrons. The average molecular weight is 457 g/mol. The van der Waals surface area contributed by atoms with Crippen molar-refractivity contribution in [2.45, 2.75) is 71.0 Å². The van der Waals surface area contributed by atoms with Gasteiger partial charge in [-0.1, -0.05) is 68.6 Å². The first-order valence-electron chi connectivity index (χ1n) is 11.6. The summed E-state index contributed by atoms with van der Waals surface area (Å²) < 4.78 is 5.77. The van der Waals surface area contributed by atoms with Crippen molar-refractivity contribution in [1.82, 2.24) is 10.2 Å². The predicted octanol–water partition coefficient (Wildman–Crippen LogP) is 5.15. The van der Waals surface area contributed by atoms with Crippen molar-refractivity contribution in [3.8, 4) is 5.75 Å². The Bertz CT molecular complexity index is 894. The average Bonchev–Trinajstić information content (AvgIpc) is 3.32. The van der Waals surface area contributed by atoms with Crippen molar-refractivity contribution in [1.29, 1.82) is 0 Å². The summed E-state index contributed by atoms with van der Waals surface area (Å²) in [6, 6.07) is 14.8. The highest BCUT2D eigenvalue weighted by Crippen LogP contribution is 2.22. The van der Waals surface area contributed by atoms with Gasteiger partial charge in [0.15, 0.2) is 6.61 Å². The number of halogens is 1. The fourth-order valence-electron chi connectivity index (χ4n) is 4.15. The summed E-state index contributed by atoms with van der Waals surface area (Å²) in [5.41, 5.74) is 2.01. The molecule has 0 heterocycles. The zero-order chi connectivity index (χ0) is 22.9. The van der Waals surface area contributed by atoms with Gasteiger partial charge in [-0.15, -0.1) is 0 Å². The Morgan fingerprint density at radius 2 is 1.78 bits per heavy atom. The summed E-state index contributed by atoms with van der Waals surface area (Å²) in [4.78, 5) is 28.0. The maximum absolute atomic E-state index is 13.3. The Labute approximate surface area is 196 Å². The van der Waals surface area contributed by atoms with E-state index in [0.29, 0.717) is 17.2 Å². The van der Waals surface area contributed by atoms with Crippen LogP contribution in [0.2, 0.25) is 5.02 Å². The molecule has 1 fully saturated rings. The van der Waals surface area contributed by atoms with E-state index >= 15 is 0 Å². The Balaban J connectivity index is 1.75. The monoisotopic (exact) mass is 456 g/mol. The van der Waals surface area contributed by atoms with Crippen molar-refractivity contribution < 1.29 is 14.3 Å². The lowest BCUT2D eigenvalue weighted by molar-refractivity contribution is -0.143. The van der Waals surface area contributed by atoms with Gasteiger partial charge in [0.2, 0.25) is 5.91 Å². The second-order valence-corrected chi connectivity index (χ2v) is 8.72. The highest BCUT2D eigenvalue weighted by Gasteiger charge is 2.31. The topological polar surface area (TPSA) is 58.6 Å². The highest BCUT2D eigenvalue weighted by molar-refractivity contribution is 6.31. The third kappa shape index (κ3) is 6.49. The Kier molecular flexibility index (Phi) is 8.98. The van der Waals surface area contributed by atoms with Crippen LogP contribution in [0.4, 0.5) is 0 Å². The van der Waals surface area contributed by atoms with Gasteiger partial charge in [-0.05, 0) is 55.0 Å². The van der Waals surface area contributed by atoms with Crippen molar-refractivity contribution in [3.05, 3.63) is 64.7 Å². The second kappa shape index (κ2) is 11.9. The van der Waals surface area contributed by atoms with Crippen LogP contribution in [0, 0.1) is 0 Å². The largest absolute Gasteiger partial charge is 0.484 e. The molecule has 0 bridgehead atoms. The van der Waals surface area contributed by atoms with Gasteiger partial charge in [0.05, 0.1) is 0 Å². The van der Waals surface area contributed by atoms with Gasteiger partial charge in [0, 0.05) is 17.6 Å². The first-order valence-corrected chi connectivity index (χ1v) is 11.9. The van der Waals surface area contributed by atoms with E-state index in [0.717, 1.165) is 37.7 Å². The molecule has 0 aromatic heterocycles. The molecule has 1 aliphatic rings. The molecule has 2 aromatic carbocycles. The molecule has 1 N–H and O–H groups in total. The fourth-order valence-corrected chi connectivity index (χ4v) is 4.34. The van der Waals surface area contributed by atoms with Crippen LogP contribution in [0.5, 0.6) is 5.75 Å². The number of carbonyl (C=O) groups excluding carboxylic acids is 2. The first-order chi connectivity index (χ1) is 15.5. The number of aryl methyl sites for hydroxylation is 1. The number of benzene rings is 2. The molecule has 0 aliphatic heterocycles. The molecule has 3 rings (SSSR count). The minimum atomic E-state index is -0.578. The zero-order valence-corrected chi connectivity index (χ0v) is 19.7. The van der Waals surface area contributed by atoms with E-state index in [9.17, 15) is 9.59 Å². The number of ether oxygens (including phenoxy) is 1. The van der Waals surface area contributed by atoms with E-state index in [2.05, 4.69) is 12.2 Å². The van der Waals surface area contributed by atoms with Gasteiger partial charge in [0.1, 0.15) is 11.8 Å². The summed E-state index contributed by atoms with van der Waals surface area (Å²) in [5.74, 6) is 0.293. The van der Waals surface area contributed by atoms with Crippen LogP contribution < -0.4 is 10.1 Å². The van der Waals surface area contributed by atoms with E-state index in [1.807, 2.05) is 49.4 Å². The number of nitrogens with one attached hydrogen (secondary N) is 1. The van der Waals surface area contributed by atoms with Crippen LogP contribution in [-0.2, 0) is 22.6 Å². The molecule has 0 spiro atoms. The highest BCUT2D eigenvalue weighted by atomic mass is 35.5. The maximum atomic E-state index is 13.3. The smallest absolute Gasteiger partial charge is 0.261 e. The van der Waals surface area contributed by atoms with Gasteiger partial charge in [-0.3, -0.25) is 9.59 Å². The quantitative estimate of drug-likeness (QED) is 0.538. The Hall–Kier alpha value is -2.53. The lowest BCUT2D eigenvalue weighted by atomic mass is 10.1. The predicted molar refractivity (Wildman–Crippen MR) is 128 cm³/mol. The molecule has 0 unspecified atom stereocenters. The Morgan fingerprint density at radius 1 is 1.09 bits per heavy atom. The van der Waals surface area contributed by atoms with Gasteiger partial charge in [-0.25, -0.2) is 0 Å². The standard InChI is InChI=1S/C26H33ClN2O3/c1-3-19-13-15-22(16-14-19)32-18-25(30)29(17-20-9-5-8-12-23(20)27)24(4-2)26(31)28-21-10-6-7-11-21/h5,8-9,12-16,21,24H,3-4,6-7,10-11,17-18H2,1-2H3,(H,28,31)/t24-/m1/s1. The van der Waals surface area contributed by atoms with Crippen LogP contribution >= 0.6 is 11.6 Å². The van der Waals surface area contributed by atoms with Crippen LogP contribution in [0.25, 0.3) is 0 Å². The number of carbonyl (C=O) groups is 2. The third-order valence-electron chi connectivity index (χ3n) is 6.08. The molecule has 0 radical (unpaired) electrons. The van der Waals surface area contributed by atoms with Gasteiger partial charge in [-0.2, -0.15) is 0 Å². The number of hydrogen-bond acceptors (Lipinski definition) is 3. The molecule has 1 atom stereocenters. The van der Waals surface area contributed by atoms with Crippen LogP contribution in [0.3, 0.4) is 0 Å². The zero-order valence-electron chi connectivity index (χ0n) is 19.0. The van der Waals surface area contributed by atoms with E-state index in [4.69, 9.17) is 16.3 Å². The molecule has 0 saturated heterocycles. The van der Waals surface area contributed by atoms with Crippen LogP contribution in [0.1, 0.15) is 57.1 Å². The summed E-state index contributed by atoms with van der Waals surface area (Å²) in [6.07, 6.45) is 5.72. The number of nitrogens with zero attached hydrogens (tertiary/aromatic N) is 1. The molecule has 6 heteroatoms. The van der Waals surface area contributed by atoms with Crippen molar-refractivity contribution in [3.63, 3.8) is 0 Å². The Morgan fingerprint density at radius 3 is 2.41 bits per heavy atom. The maximum Gasteiger partial charge on any atom is 0.261 e. The van der Waals surface area contributed by atoms with Crippen molar-refractivity contribution in [2.75, 3.05) is 6.61 Å².